The quantitative estimate of drug-likeness (QED) is 0.538. The zero-order valence-corrected chi connectivity index (χ0v) is 14.5. The van der Waals surface area contributed by atoms with Crippen LogP contribution in [0.4, 0.5) is 0 Å². The van der Waals surface area contributed by atoms with Crippen LogP contribution < -0.4 is 4.74 Å². The summed E-state index contributed by atoms with van der Waals surface area (Å²) in [5.41, 5.74) is 2.30. The highest BCUT2D eigenvalue weighted by atomic mass is 16.5. The smallest absolute Gasteiger partial charge is 0.261 e. The molecule has 1 aliphatic rings. The van der Waals surface area contributed by atoms with Crippen molar-refractivity contribution in [2.45, 2.75) is 32.6 Å². The number of fused-ring (bicyclic) bond motifs is 1. The maximum atomic E-state index is 12.3. The van der Waals surface area contributed by atoms with Crippen LogP contribution in [0.2, 0.25) is 0 Å². The van der Waals surface area contributed by atoms with E-state index >= 15 is 0 Å². The molecule has 25 heavy (non-hydrogen) atoms. The average molecular weight is 337 g/mol. The van der Waals surface area contributed by atoms with Crippen molar-refractivity contribution >= 4 is 11.8 Å². The fourth-order valence-electron chi connectivity index (χ4n) is 3.08. The summed E-state index contributed by atoms with van der Waals surface area (Å²) in [4.78, 5) is 25.9. The van der Waals surface area contributed by atoms with Gasteiger partial charge in [0.1, 0.15) is 5.75 Å². The number of benzene rings is 2. The van der Waals surface area contributed by atoms with Crippen molar-refractivity contribution in [3.05, 3.63) is 65.2 Å². The number of hydrogen-bond donors (Lipinski definition) is 0. The van der Waals surface area contributed by atoms with E-state index < -0.39 is 0 Å². The Kier molecular flexibility index (Phi) is 5.49. The van der Waals surface area contributed by atoms with Gasteiger partial charge in [0.2, 0.25) is 0 Å². The summed E-state index contributed by atoms with van der Waals surface area (Å²) in [7, 11) is 0. The van der Waals surface area contributed by atoms with Gasteiger partial charge in [0, 0.05) is 6.54 Å². The van der Waals surface area contributed by atoms with Crippen LogP contribution in [0.3, 0.4) is 0 Å². The van der Waals surface area contributed by atoms with Crippen molar-refractivity contribution in [2.24, 2.45) is 0 Å². The lowest BCUT2D eigenvalue weighted by molar-refractivity contribution is 0.0649. The molecule has 1 heterocycles. The van der Waals surface area contributed by atoms with Gasteiger partial charge in [-0.1, -0.05) is 37.6 Å². The first-order valence-corrected chi connectivity index (χ1v) is 8.87. The maximum Gasteiger partial charge on any atom is 0.261 e. The Morgan fingerprint density at radius 2 is 1.64 bits per heavy atom. The van der Waals surface area contributed by atoms with Gasteiger partial charge in [0.25, 0.3) is 11.8 Å². The summed E-state index contributed by atoms with van der Waals surface area (Å²) in [6.45, 7) is 3.18. The molecule has 0 aromatic heterocycles. The van der Waals surface area contributed by atoms with Gasteiger partial charge in [-0.3, -0.25) is 14.5 Å². The van der Waals surface area contributed by atoms with Crippen molar-refractivity contribution in [2.75, 3.05) is 13.2 Å². The van der Waals surface area contributed by atoms with E-state index in [1.165, 1.54) is 10.5 Å². The van der Waals surface area contributed by atoms with Crippen LogP contribution in [-0.4, -0.2) is 29.9 Å². The molecule has 0 fully saturated rings. The molecule has 0 radical (unpaired) electrons. The molecule has 1 aliphatic heterocycles. The van der Waals surface area contributed by atoms with E-state index in [0.29, 0.717) is 24.3 Å². The largest absolute Gasteiger partial charge is 0.494 e. The standard InChI is InChI=1S/C21H23NO3/c1-2-8-16-9-7-10-17(15-16)25-14-6-5-13-22-20(23)18-11-3-4-12-19(18)21(22)24/h3-4,7,9-12,15H,2,5-6,8,13-14H2,1H3. The van der Waals surface area contributed by atoms with E-state index in [2.05, 4.69) is 19.1 Å². The topological polar surface area (TPSA) is 46.6 Å². The van der Waals surface area contributed by atoms with Gasteiger partial charge >= 0.3 is 0 Å². The highest BCUT2D eigenvalue weighted by Crippen LogP contribution is 2.22. The van der Waals surface area contributed by atoms with Crippen LogP contribution >= 0.6 is 0 Å². The van der Waals surface area contributed by atoms with E-state index in [1.54, 1.807) is 24.3 Å². The summed E-state index contributed by atoms with van der Waals surface area (Å²) >= 11 is 0. The summed E-state index contributed by atoms with van der Waals surface area (Å²) < 4.78 is 5.78. The van der Waals surface area contributed by atoms with E-state index in [-0.39, 0.29) is 11.8 Å². The molecule has 0 atom stereocenters. The number of rotatable bonds is 8. The Morgan fingerprint density at radius 1 is 0.920 bits per heavy atom. The Hall–Kier alpha value is -2.62. The number of imide groups is 1. The molecular formula is C21H23NO3. The highest BCUT2D eigenvalue weighted by Gasteiger charge is 2.34. The number of ether oxygens (including phenoxy) is 1. The van der Waals surface area contributed by atoms with Gasteiger partial charge in [0.15, 0.2) is 0 Å². The number of unbranched alkanes of at least 4 members (excludes halogenated alkanes) is 1. The Balaban J connectivity index is 1.44. The minimum atomic E-state index is -0.186. The molecule has 0 aliphatic carbocycles. The lowest BCUT2D eigenvalue weighted by atomic mass is 10.1. The second-order valence-corrected chi connectivity index (χ2v) is 6.26. The molecule has 2 aromatic carbocycles. The zero-order chi connectivity index (χ0) is 17.6. The van der Waals surface area contributed by atoms with Crippen molar-refractivity contribution in [1.29, 1.82) is 0 Å². The third-order valence-electron chi connectivity index (χ3n) is 4.36. The van der Waals surface area contributed by atoms with Crippen molar-refractivity contribution < 1.29 is 14.3 Å². The van der Waals surface area contributed by atoms with E-state index in [0.717, 1.165) is 31.4 Å². The van der Waals surface area contributed by atoms with Crippen molar-refractivity contribution in [1.82, 2.24) is 4.90 Å². The maximum absolute atomic E-state index is 12.3. The first kappa shape index (κ1) is 17.2. The molecule has 0 saturated carbocycles. The first-order chi connectivity index (χ1) is 12.2. The third-order valence-corrected chi connectivity index (χ3v) is 4.36. The van der Waals surface area contributed by atoms with Crippen LogP contribution in [0.25, 0.3) is 0 Å². The molecule has 0 saturated heterocycles. The number of amides is 2. The van der Waals surface area contributed by atoms with Crippen molar-refractivity contribution in [3.63, 3.8) is 0 Å². The predicted octanol–water partition coefficient (Wildman–Crippen LogP) is 4.09. The fourth-order valence-corrected chi connectivity index (χ4v) is 3.08. The van der Waals surface area contributed by atoms with Gasteiger partial charge in [-0.05, 0) is 49.1 Å². The highest BCUT2D eigenvalue weighted by molar-refractivity contribution is 6.21. The third kappa shape index (κ3) is 3.90. The van der Waals surface area contributed by atoms with Gasteiger partial charge in [-0.25, -0.2) is 0 Å². The molecule has 0 N–H and O–H groups in total. The lowest BCUT2D eigenvalue weighted by Crippen LogP contribution is -2.30. The van der Waals surface area contributed by atoms with Gasteiger partial charge in [-0.2, -0.15) is 0 Å². The van der Waals surface area contributed by atoms with Gasteiger partial charge in [-0.15, -0.1) is 0 Å². The summed E-state index contributed by atoms with van der Waals surface area (Å²) in [5.74, 6) is 0.509. The Bertz CT molecular complexity index is 734. The molecule has 2 aromatic rings. The van der Waals surface area contributed by atoms with Gasteiger partial charge < -0.3 is 4.74 Å². The summed E-state index contributed by atoms with van der Waals surface area (Å²) in [5, 5.41) is 0. The Labute approximate surface area is 148 Å². The number of carbonyl (C=O) groups is 2. The number of aryl methyl sites for hydroxylation is 1. The minimum Gasteiger partial charge on any atom is -0.494 e. The first-order valence-electron chi connectivity index (χ1n) is 8.87. The summed E-state index contributed by atoms with van der Waals surface area (Å²) in [6, 6.07) is 15.2. The molecule has 0 unspecified atom stereocenters. The van der Waals surface area contributed by atoms with Crippen LogP contribution in [0.1, 0.15) is 52.5 Å². The summed E-state index contributed by atoms with van der Waals surface area (Å²) in [6.07, 6.45) is 3.70. The molecule has 0 bridgehead atoms. The SMILES string of the molecule is CCCc1cccc(OCCCCN2C(=O)c3ccccc3C2=O)c1. The molecule has 4 heteroatoms. The van der Waals surface area contributed by atoms with Crippen LogP contribution in [0, 0.1) is 0 Å². The van der Waals surface area contributed by atoms with Gasteiger partial charge in [0.05, 0.1) is 17.7 Å². The number of nitrogens with zero attached hydrogens (tertiary/aromatic N) is 1. The molecule has 0 spiro atoms. The second-order valence-electron chi connectivity index (χ2n) is 6.26. The van der Waals surface area contributed by atoms with Crippen LogP contribution in [0.15, 0.2) is 48.5 Å². The molecule has 130 valence electrons. The minimum absolute atomic E-state index is 0.186. The van der Waals surface area contributed by atoms with Crippen LogP contribution in [0.5, 0.6) is 5.75 Å². The number of hydrogen-bond acceptors (Lipinski definition) is 3. The molecular weight excluding hydrogens is 314 g/mol. The molecule has 3 rings (SSSR count). The number of carbonyl (C=O) groups excluding carboxylic acids is 2. The van der Waals surface area contributed by atoms with E-state index in [9.17, 15) is 9.59 Å². The van der Waals surface area contributed by atoms with Crippen molar-refractivity contribution in [3.8, 4) is 5.75 Å². The average Bonchev–Trinajstić information content (AvgIpc) is 2.87. The second kappa shape index (κ2) is 7.97. The van der Waals surface area contributed by atoms with Crippen LogP contribution in [-0.2, 0) is 6.42 Å². The predicted molar refractivity (Wildman–Crippen MR) is 97.0 cm³/mol. The normalized spacial score (nSPS) is 13.2. The molecule has 4 nitrogen and oxygen atoms in total. The van der Waals surface area contributed by atoms with E-state index in [1.807, 2.05) is 12.1 Å². The lowest BCUT2D eigenvalue weighted by Gasteiger charge is -2.14. The molecule has 2 amide bonds. The van der Waals surface area contributed by atoms with E-state index in [4.69, 9.17) is 4.74 Å². The monoisotopic (exact) mass is 337 g/mol. The Morgan fingerprint density at radius 3 is 2.32 bits per heavy atom. The zero-order valence-electron chi connectivity index (χ0n) is 14.5. The fraction of sp³-hybridized carbons (Fsp3) is 0.333.